The third kappa shape index (κ3) is 9.33. The Kier molecular flexibility index (Phi) is 11.1. The van der Waals surface area contributed by atoms with Crippen LogP contribution in [0.5, 0.6) is 17.2 Å². The number of unbranched alkanes of at least 4 members (excludes halogenated alkanes) is 3. The molecule has 0 N–H and O–H groups in total. The monoisotopic (exact) mass is 584 g/mol. The normalized spacial score (nSPS) is 14.9. The summed E-state index contributed by atoms with van der Waals surface area (Å²) >= 11 is 0. The van der Waals surface area contributed by atoms with Crippen LogP contribution in [-0.4, -0.2) is 36.9 Å². The maximum Gasteiger partial charge on any atom is 0.343 e. The molecule has 8 heteroatoms. The summed E-state index contributed by atoms with van der Waals surface area (Å²) in [4.78, 5) is 35.8. The Morgan fingerprint density at radius 1 is 0.907 bits per heavy atom. The third-order valence-corrected chi connectivity index (χ3v) is 6.79. The number of ether oxygens (including phenoxy) is 5. The summed E-state index contributed by atoms with van der Waals surface area (Å²) in [5.41, 5.74) is 2.68. The summed E-state index contributed by atoms with van der Waals surface area (Å²) in [5, 5.41) is 0. The number of carbonyl (C=O) groups excluding carboxylic acids is 3. The van der Waals surface area contributed by atoms with Crippen LogP contribution in [0, 0.1) is 0 Å². The van der Waals surface area contributed by atoms with Gasteiger partial charge in [0.05, 0.1) is 5.56 Å². The van der Waals surface area contributed by atoms with Gasteiger partial charge in [-0.1, -0.05) is 63.6 Å². The SMILES string of the molecule is C=CC(=O)OC(CCCCCC)Oc1ccc(-c2ccc(OC(=O)c3ccc(OCC4CC(=C)C(=O)O4)cc3)cc2)cc1. The number of carbonyl (C=O) groups is 3. The second kappa shape index (κ2) is 15.4. The molecule has 0 saturated carbocycles. The van der Waals surface area contributed by atoms with E-state index in [0.29, 0.717) is 41.2 Å². The fraction of sp³-hybridized carbons (Fsp3) is 0.286. The van der Waals surface area contributed by atoms with Crippen LogP contribution >= 0.6 is 0 Å². The molecule has 1 heterocycles. The van der Waals surface area contributed by atoms with Crippen molar-refractivity contribution < 1.29 is 38.1 Å². The highest BCUT2D eigenvalue weighted by molar-refractivity contribution is 5.91. The Labute approximate surface area is 251 Å². The fourth-order valence-electron chi connectivity index (χ4n) is 4.42. The number of esters is 3. The number of rotatable bonds is 15. The highest BCUT2D eigenvalue weighted by Crippen LogP contribution is 2.27. The minimum atomic E-state index is -0.676. The second-order valence-electron chi connectivity index (χ2n) is 10.1. The smallest absolute Gasteiger partial charge is 0.343 e. The molecule has 1 fully saturated rings. The molecule has 0 radical (unpaired) electrons. The van der Waals surface area contributed by atoms with E-state index in [4.69, 9.17) is 23.7 Å². The fourth-order valence-corrected chi connectivity index (χ4v) is 4.42. The summed E-state index contributed by atoms with van der Waals surface area (Å²) in [6.45, 7) is 9.47. The van der Waals surface area contributed by atoms with Crippen LogP contribution in [0.3, 0.4) is 0 Å². The average Bonchev–Trinajstić information content (AvgIpc) is 3.35. The van der Waals surface area contributed by atoms with Gasteiger partial charge < -0.3 is 23.7 Å². The molecule has 1 aliphatic rings. The van der Waals surface area contributed by atoms with Crippen LogP contribution in [0.2, 0.25) is 0 Å². The number of hydrogen-bond donors (Lipinski definition) is 0. The van der Waals surface area contributed by atoms with Gasteiger partial charge in [-0.3, -0.25) is 0 Å². The van der Waals surface area contributed by atoms with E-state index in [2.05, 4.69) is 20.1 Å². The van der Waals surface area contributed by atoms with Crippen molar-refractivity contribution in [2.75, 3.05) is 6.61 Å². The molecule has 0 amide bonds. The van der Waals surface area contributed by atoms with Gasteiger partial charge in [-0.05, 0) is 66.1 Å². The first-order valence-corrected chi connectivity index (χ1v) is 14.4. The van der Waals surface area contributed by atoms with Gasteiger partial charge in [0.15, 0.2) is 0 Å². The molecule has 3 aromatic carbocycles. The average molecular weight is 585 g/mol. The Bertz CT molecular complexity index is 1390. The molecular formula is C35H36O8. The zero-order valence-electron chi connectivity index (χ0n) is 24.3. The maximum atomic E-state index is 12.6. The van der Waals surface area contributed by atoms with Crippen LogP contribution in [0.15, 0.2) is 97.6 Å². The first-order valence-electron chi connectivity index (χ1n) is 14.4. The molecule has 3 aromatic rings. The second-order valence-corrected chi connectivity index (χ2v) is 10.1. The van der Waals surface area contributed by atoms with Gasteiger partial charge in [0.2, 0.25) is 6.29 Å². The van der Waals surface area contributed by atoms with E-state index in [1.54, 1.807) is 36.4 Å². The van der Waals surface area contributed by atoms with Crippen LogP contribution in [0.1, 0.15) is 55.8 Å². The van der Waals surface area contributed by atoms with Crippen LogP contribution in [0.4, 0.5) is 0 Å². The number of benzene rings is 3. The summed E-state index contributed by atoms with van der Waals surface area (Å²) in [5.74, 6) is 0.146. The van der Waals surface area contributed by atoms with E-state index in [1.807, 2.05) is 36.4 Å². The third-order valence-electron chi connectivity index (χ3n) is 6.79. The van der Waals surface area contributed by atoms with E-state index in [1.165, 1.54) is 0 Å². The minimum absolute atomic E-state index is 0.210. The van der Waals surface area contributed by atoms with Crippen LogP contribution in [0.25, 0.3) is 11.1 Å². The summed E-state index contributed by atoms with van der Waals surface area (Å²) < 4.78 is 27.7. The van der Waals surface area contributed by atoms with E-state index in [-0.39, 0.29) is 12.7 Å². The lowest BCUT2D eigenvalue weighted by Gasteiger charge is -2.19. The molecule has 2 unspecified atom stereocenters. The van der Waals surface area contributed by atoms with Crippen molar-refractivity contribution in [3.05, 3.63) is 103 Å². The Morgan fingerprint density at radius 2 is 1.53 bits per heavy atom. The van der Waals surface area contributed by atoms with E-state index in [9.17, 15) is 14.4 Å². The molecule has 1 aliphatic heterocycles. The predicted octanol–water partition coefficient (Wildman–Crippen LogP) is 7.23. The van der Waals surface area contributed by atoms with E-state index >= 15 is 0 Å². The van der Waals surface area contributed by atoms with Crippen molar-refractivity contribution in [3.8, 4) is 28.4 Å². The highest BCUT2D eigenvalue weighted by Gasteiger charge is 2.27. The van der Waals surface area contributed by atoms with Gasteiger partial charge in [-0.2, -0.15) is 0 Å². The van der Waals surface area contributed by atoms with Gasteiger partial charge in [-0.15, -0.1) is 0 Å². The summed E-state index contributed by atoms with van der Waals surface area (Å²) in [6.07, 6.45) is 5.34. The quantitative estimate of drug-likeness (QED) is 0.0607. The molecule has 8 nitrogen and oxygen atoms in total. The van der Waals surface area contributed by atoms with Gasteiger partial charge in [0, 0.05) is 24.5 Å². The standard InChI is InChI=1S/C35H36O8/c1-4-6-7-8-9-33(43-32(36)5-2)40-29-18-10-25(11-19-29)26-12-20-30(21-13-26)41-35(38)27-14-16-28(17-15-27)39-23-31-22-24(3)34(37)42-31/h5,10-21,31,33H,2-4,6-9,22-23H2,1H3. The van der Waals surface area contributed by atoms with Crippen molar-refractivity contribution in [2.45, 2.75) is 57.8 Å². The topological polar surface area (TPSA) is 97.4 Å². The van der Waals surface area contributed by atoms with E-state index in [0.717, 1.165) is 42.9 Å². The van der Waals surface area contributed by atoms with Gasteiger partial charge in [0.25, 0.3) is 0 Å². The zero-order chi connectivity index (χ0) is 30.6. The summed E-state index contributed by atoms with van der Waals surface area (Å²) in [7, 11) is 0. The molecule has 0 bridgehead atoms. The first-order chi connectivity index (χ1) is 20.8. The molecule has 224 valence electrons. The first kappa shape index (κ1) is 31.1. The number of hydrogen-bond acceptors (Lipinski definition) is 8. The Balaban J connectivity index is 1.28. The lowest BCUT2D eigenvalue weighted by atomic mass is 10.1. The van der Waals surface area contributed by atoms with E-state index < -0.39 is 24.2 Å². The molecule has 0 spiro atoms. The molecule has 43 heavy (non-hydrogen) atoms. The molecule has 0 aromatic heterocycles. The molecule has 4 rings (SSSR count). The van der Waals surface area contributed by atoms with Crippen molar-refractivity contribution in [3.63, 3.8) is 0 Å². The zero-order valence-corrected chi connectivity index (χ0v) is 24.3. The maximum absolute atomic E-state index is 12.6. The summed E-state index contributed by atoms with van der Waals surface area (Å²) in [6, 6.07) is 21.2. The predicted molar refractivity (Wildman–Crippen MR) is 162 cm³/mol. The van der Waals surface area contributed by atoms with Crippen molar-refractivity contribution in [1.82, 2.24) is 0 Å². The van der Waals surface area contributed by atoms with Gasteiger partial charge in [0.1, 0.15) is 30.0 Å². The van der Waals surface area contributed by atoms with Crippen LogP contribution in [-0.2, 0) is 19.1 Å². The molecule has 1 saturated heterocycles. The van der Waals surface area contributed by atoms with Gasteiger partial charge in [-0.25, -0.2) is 14.4 Å². The van der Waals surface area contributed by atoms with Crippen molar-refractivity contribution in [1.29, 1.82) is 0 Å². The van der Waals surface area contributed by atoms with Crippen molar-refractivity contribution in [2.24, 2.45) is 0 Å². The Hall–Kier alpha value is -4.85. The largest absolute Gasteiger partial charge is 0.490 e. The highest BCUT2D eigenvalue weighted by atomic mass is 16.7. The molecule has 2 atom stereocenters. The lowest BCUT2D eigenvalue weighted by molar-refractivity contribution is -0.158. The Morgan fingerprint density at radius 3 is 2.12 bits per heavy atom. The number of cyclic esters (lactones) is 1. The molecular weight excluding hydrogens is 548 g/mol. The lowest BCUT2D eigenvalue weighted by Crippen LogP contribution is -2.23. The minimum Gasteiger partial charge on any atom is -0.490 e. The molecule has 0 aliphatic carbocycles. The van der Waals surface area contributed by atoms with Gasteiger partial charge >= 0.3 is 17.9 Å². The van der Waals surface area contributed by atoms with Crippen molar-refractivity contribution >= 4 is 17.9 Å². The van der Waals surface area contributed by atoms with Crippen LogP contribution < -0.4 is 14.2 Å².